The van der Waals surface area contributed by atoms with Gasteiger partial charge in [0.2, 0.25) is 0 Å². The van der Waals surface area contributed by atoms with Crippen LogP contribution < -0.4 is 0 Å². The predicted octanol–water partition coefficient (Wildman–Crippen LogP) is 4.32. The molecule has 0 radical (unpaired) electrons. The molecular formula is C21H24N2O2. The number of Topliss-reactive ketones (excluding diaryl/α,β-unsaturated/α-hetero) is 1. The molecule has 0 saturated carbocycles. The highest BCUT2D eigenvalue weighted by Gasteiger charge is 2.39. The lowest BCUT2D eigenvalue weighted by molar-refractivity contribution is -0.115. The van der Waals surface area contributed by atoms with Gasteiger partial charge in [-0.3, -0.25) is 9.59 Å². The van der Waals surface area contributed by atoms with Crippen molar-refractivity contribution in [3.8, 4) is 0 Å². The van der Waals surface area contributed by atoms with Crippen molar-refractivity contribution in [3.05, 3.63) is 63.8 Å². The molecule has 0 spiro atoms. The Bertz CT molecular complexity index is 860. The maximum atomic E-state index is 12.3. The highest BCUT2D eigenvalue weighted by Crippen LogP contribution is 2.38. The molecule has 0 aromatic rings. The van der Waals surface area contributed by atoms with E-state index < -0.39 is 6.26 Å². The fourth-order valence-electron chi connectivity index (χ4n) is 3.37. The van der Waals surface area contributed by atoms with Crippen molar-refractivity contribution in [3.63, 3.8) is 0 Å². The van der Waals surface area contributed by atoms with Crippen LogP contribution in [0.15, 0.2) is 58.2 Å². The van der Waals surface area contributed by atoms with E-state index in [1.54, 1.807) is 6.92 Å². The molecule has 0 fully saturated rings. The summed E-state index contributed by atoms with van der Waals surface area (Å²) >= 11 is 0. The molecule has 0 aromatic carbocycles. The maximum absolute atomic E-state index is 12.3. The van der Waals surface area contributed by atoms with Crippen LogP contribution in [0.1, 0.15) is 48.3 Å². The van der Waals surface area contributed by atoms with Crippen molar-refractivity contribution in [1.82, 2.24) is 0 Å². The van der Waals surface area contributed by atoms with Gasteiger partial charge in [-0.15, -0.1) is 0 Å². The van der Waals surface area contributed by atoms with E-state index in [0.717, 1.165) is 29.6 Å². The fraction of sp³-hybridized carbons (Fsp3) is 0.381. The zero-order valence-corrected chi connectivity index (χ0v) is 15.2. The number of aldehydes is 1. The van der Waals surface area contributed by atoms with Gasteiger partial charge in [0.15, 0.2) is 0 Å². The van der Waals surface area contributed by atoms with Crippen LogP contribution in [-0.2, 0) is 9.59 Å². The van der Waals surface area contributed by atoms with Crippen LogP contribution in [0.4, 0.5) is 0 Å². The largest absolute Gasteiger partial charge is 0.361 e. The monoisotopic (exact) mass is 338 g/mol. The van der Waals surface area contributed by atoms with Crippen LogP contribution in [0.3, 0.4) is 0 Å². The van der Waals surface area contributed by atoms with E-state index in [-0.39, 0.29) is 16.9 Å². The van der Waals surface area contributed by atoms with Crippen LogP contribution in [0.5, 0.6) is 0 Å². The predicted molar refractivity (Wildman–Crippen MR) is 99.1 cm³/mol. The zero-order chi connectivity index (χ0) is 19.5. The van der Waals surface area contributed by atoms with Gasteiger partial charge in [0, 0.05) is 11.0 Å². The molecule has 0 bridgehead atoms. The molecule has 25 heavy (non-hydrogen) atoms. The summed E-state index contributed by atoms with van der Waals surface area (Å²) in [5.41, 5.74) is 13.7. The molecule has 0 atom stereocenters. The minimum absolute atomic E-state index is 0.204. The van der Waals surface area contributed by atoms with E-state index in [9.17, 15) is 9.59 Å². The average molecular weight is 338 g/mol. The van der Waals surface area contributed by atoms with Crippen LogP contribution in [-0.4, -0.2) is 22.5 Å². The zero-order valence-electron chi connectivity index (χ0n) is 16.2. The first-order chi connectivity index (χ1) is 12.2. The molecule has 2 rings (SSSR count). The van der Waals surface area contributed by atoms with Crippen molar-refractivity contribution >= 4 is 17.8 Å². The number of carbonyl (C=O) groups is 2. The lowest BCUT2D eigenvalue weighted by Gasteiger charge is -2.29. The molecule has 0 saturated heterocycles. The molecule has 0 heterocycles. The Labute approximate surface area is 150 Å². The van der Waals surface area contributed by atoms with E-state index in [1.807, 2.05) is 45.1 Å². The van der Waals surface area contributed by atoms with Gasteiger partial charge in [0.25, 0.3) is 5.78 Å². The second-order valence-electron chi connectivity index (χ2n) is 7.19. The number of ketones is 1. The van der Waals surface area contributed by atoms with Crippen molar-refractivity contribution in [2.75, 3.05) is 0 Å². The Morgan fingerprint density at radius 3 is 2.64 bits per heavy atom. The second-order valence-corrected chi connectivity index (χ2v) is 7.19. The summed E-state index contributed by atoms with van der Waals surface area (Å²) in [5, 5.41) is 0. The van der Waals surface area contributed by atoms with Crippen LogP contribution >= 0.6 is 0 Å². The number of nitrogens with zero attached hydrogens (tertiary/aromatic N) is 2. The third-order valence-corrected chi connectivity index (χ3v) is 4.90. The fourth-order valence-corrected chi connectivity index (χ4v) is 3.37. The van der Waals surface area contributed by atoms with Crippen molar-refractivity contribution in [1.29, 1.82) is 0 Å². The normalized spacial score (nSPS) is 24.6. The van der Waals surface area contributed by atoms with E-state index in [0.29, 0.717) is 12.0 Å². The number of carbonyl (C=O) groups excluding carboxylic acids is 2. The highest BCUT2D eigenvalue weighted by atomic mass is 16.1. The summed E-state index contributed by atoms with van der Waals surface area (Å²) < 4.78 is 7.00. The van der Waals surface area contributed by atoms with E-state index >= 15 is 0 Å². The van der Waals surface area contributed by atoms with Gasteiger partial charge >= 0.3 is 5.71 Å². The molecule has 130 valence electrons. The third kappa shape index (κ3) is 4.09. The first-order valence-electron chi connectivity index (χ1n) is 8.89. The molecule has 0 unspecified atom stereocenters. The minimum atomic E-state index is -0.675. The van der Waals surface area contributed by atoms with Gasteiger partial charge in [-0.05, 0) is 55.1 Å². The first-order valence-corrected chi connectivity index (χ1v) is 8.39. The standard InChI is InChI=1S/C21H24N2O2/c1-14(17-8-6-16(7-9-17)11-12-24)5-10-18-15(2)20(25)19(23-22)13-21(18,3)4/h5-6,8,10-12H,7,9,13H2,1-4H3/b10-5+,16-11-,17-14-/i12T. The number of allylic oxidation sites excluding steroid dienone is 10. The molecule has 2 aliphatic carbocycles. The summed E-state index contributed by atoms with van der Waals surface area (Å²) in [5.74, 6) is -0.204. The highest BCUT2D eigenvalue weighted by molar-refractivity contribution is 6.44. The molecule has 0 N–H and O–H groups in total. The van der Waals surface area contributed by atoms with Gasteiger partial charge in [-0.2, -0.15) is 4.79 Å². The summed E-state index contributed by atoms with van der Waals surface area (Å²) in [6.07, 6.45) is 10.5. The Morgan fingerprint density at radius 2 is 2.08 bits per heavy atom. The topological polar surface area (TPSA) is 70.5 Å². The number of rotatable bonds is 3. The molecule has 0 aliphatic heterocycles. The van der Waals surface area contributed by atoms with Crippen LogP contribution in [0, 0.1) is 5.41 Å². The molecule has 4 nitrogen and oxygen atoms in total. The SMILES string of the molecule is [3H]C(=O)/C=C1C=C/C(=C(C)/C=C/C2=C(C)C(=O)C(=[N+]=[N-])CC2(C)C)CC/1. The van der Waals surface area contributed by atoms with E-state index in [4.69, 9.17) is 6.90 Å². The quantitative estimate of drug-likeness (QED) is 0.333. The van der Waals surface area contributed by atoms with E-state index in [1.165, 1.54) is 11.6 Å². The van der Waals surface area contributed by atoms with Crippen molar-refractivity contribution in [2.45, 2.75) is 47.0 Å². The van der Waals surface area contributed by atoms with Gasteiger partial charge in [-0.1, -0.05) is 38.2 Å². The smallest absolute Gasteiger partial charge is 0.339 e. The average Bonchev–Trinajstić information content (AvgIpc) is 2.57. The lowest BCUT2D eigenvalue weighted by atomic mass is 9.71. The van der Waals surface area contributed by atoms with Gasteiger partial charge in [-0.25, -0.2) is 0 Å². The van der Waals surface area contributed by atoms with E-state index in [2.05, 4.69) is 4.79 Å². The molecular weight excluding hydrogens is 312 g/mol. The molecule has 0 aromatic heterocycles. The van der Waals surface area contributed by atoms with Crippen molar-refractivity contribution < 1.29 is 15.7 Å². The summed E-state index contributed by atoms with van der Waals surface area (Å²) in [7, 11) is 0. The van der Waals surface area contributed by atoms with Gasteiger partial charge in [0.1, 0.15) is 7.63 Å². The van der Waals surface area contributed by atoms with Crippen molar-refractivity contribution in [2.24, 2.45) is 5.41 Å². The van der Waals surface area contributed by atoms with Crippen LogP contribution in [0.25, 0.3) is 5.53 Å². The van der Waals surface area contributed by atoms with Crippen LogP contribution in [0.2, 0.25) is 0 Å². The Balaban J connectivity index is 2.31. The summed E-state index contributed by atoms with van der Waals surface area (Å²) in [6.45, 7) is 7.86. The summed E-state index contributed by atoms with van der Waals surface area (Å²) in [6, 6.07) is 0. The Kier molecular flexibility index (Phi) is 5.20. The Hall–Kier alpha value is -2.58. The lowest BCUT2D eigenvalue weighted by Crippen LogP contribution is -2.33. The number of hydrogen-bond acceptors (Lipinski definition) is 2. The maximum Gasteiger partial charge on any atom is 0.339 e. The first kappa shape index (κ1) is 17.2. The number of hydrogen-bond donors (Lipinski definition) is 0. The second kappa shape index (κ2) is 7.54. The molecule has 2 aliphatic rings. The minimum Gasteiger partial charge on any atom is -0.361 e. The third-order valence-electron chi connectivity index (χ3n) is 4.90. The van der Waals surface area contributed by atoms with Gasteiger partial charge in [0.05, 0.1) is 6.42 Å². The molecule has 0 amide bonds. The Morgan fingerprint density at radius 1 is 1.36 bits per heavy atom. The van der Waals surface area contributed by atoms with Gasteiger partial charge < -0.3 is 5.53 Å². The molecule has 4 heteroatoms. The summed E-state index contributed by atoms with van der Waals surface area (Å²) in [4.78, 5) is 26.3.